The molecule has 3 rings (SSSR count). The van der Waals surface area contributed by atoms with Gasteiger partial charge in [0.05, 0.1) is 18.9 Å². The van der Waals surface area contributed by atoms with E-state index in [1.165, 1.54) is 32.1 Å². The van der Waals surface area contributed by atoms with E-state index in [1.807, 2.05) is 19.9 Å². The number of carbonyl (C=O) groups is 1. The molecule has 1 aromatic rings. The summed E-state index contributed by atoms with van der Waals surface area (Å²) in [6.07, 6.45) is 6.41. The van der Waals surface area contributed by atoms with Gasteiger partial charge in [-0.1, -0.05) is 19.3 Å². The SMILES string of the molecule is Cc1cc(C)n(C(=O)C[C@H](C2CCCCC2)C2OCCO2)n1. The summed E-state index contributed by atoms with van der Waals surface area (Å²) in [6.45, 7) is 5.12. The second-order valence-corrected chi connectivity index (χ2v) is 6.61. The third-order valence-corrected chi connectivity index (χ3v) is 4.91. The summed E-state index contributed by atoms with van der Waals surface area (Å²) in [6, 6.07) is 1.94. The van der Waals surface area contributed by atoms with Crippen LogP contribution in [-0.4, -0.2) is 35.2 Å². The van der Waals surface area contributed by atoms with Crippen molar-refractivity contribution in [1.82, 2.24) is 9.78 Å². The number of aryl methyl sites for hydroxylation is 2. The molecular formula is C17H26N2O3. The minimum Gasteiger partial charge on any atom is -0.350 e. The summed E-state index contributed by atoms with van der Waals surface area (Å²) in [5.41, 5.74) is 1.78. The summed E-state index contributed by atoms with van der Waals surface area (Å²) >= 11 is 0. The van der Waals surface area contributed by atoms with Crippen molar-refractivity contribution < 1.29 is 14.3 Å². The molecule has 2 fully saturated rings. The third-order valence-electron chi connectivity index (χ3n) is 4.91. The fourth-order valence-corrected chi connectivity index (χ4v) is 3.84. The van der Waals surface area contributed by atoms with E-state index in [0.717, 1.165) is 11.4 Å². The van der Waals surface area contributed by atoms with Gasteiger partial charge in [-0.2, -0.15) is 5.10 Å². The predicted molar refractivity (Wildman–Crippen MR) is 82.7 cm³/mol. The monoisotopic (exact) mass is 306 g/mol. The number of hydrogen-bond donors (Lipinski definition) is 0. The molecule has 1 saturated carbocycles. The Kier molecular flexibility index (Phi) is 4.93. The van der Waals surface area contributed by atoms with E-state index in [0.29, 0.717) is 25.6 Å². The average Bonchev–Trinajstić information content (AvgIpc) is 3.15. The first-order valence-corrected chi connectivity index (χ1v) is 8.45. The minimum atomic E-state index is -0.219. The zero-order chi connectivity index (χ0) is 15.5. The topological polar surface area (TPSA) is 53.4 Å². The largest absolute Gasteiger partial charge is 0.350 e. The summed E-state index contributed by atoms with van der Waals surface area (Å²) in [4.78, 5) is 12.7. The highest BCUT2D eigenvalue weighted by molar-refractivity contribution is 5.79. The Labute approximate surface area is 132 Å². The van der Waals surface area contributed by atoms with Gasteiger partial charge in [-0.25, -0.2) is 4.68 Å². The lowest BCUT2D eigenvalue weighted by Gasteiger charge is -2.32. The van der Waals surface area contributed by atoms with Gasteiger partial charge < -0.3 is 9.47 Å². The molecule has 1 aromatic heterocycles. The molecule has 0 aromatic carbocycles. The van der Waals surface area contributed by atoms with Crippen LogP contribution in [0.4, 0.5) is 0 Å². The molecule has 0 N–H and O–H groups in total. The quantitative estimate of drug-likeness (QED) is 0.857. The molecule has 1 atom stereocenters. The maximum atomic E-state index is 12.7. The van der Waals surface area contributed by atoms with Crippen molar-refractivity contribution in [3.63, 3.8) is 0 Å². The van der Waals surface area contributed by atoms with E-state index >= 15 is 0 Å². The van der Waals surface area contributed by atoms with Gasteiger partial charge >= 0.3 is 0 Å². The van der Waals surface area contributed by atoms with Crippen LogP contribution >= 0.6 is 0 Å². The second kappa shape index (κ2) is 6.92. The molecule has 0 unspecified atom stereocenters. The summed E-state index contributed by atoms with van der Waals surface area (Å²) in [7, 11) is 0. The van der Waals surface area contributed by atoms with Crippen molar-refractivity contribution in [3.8, 4) is 0 Å². The maximum Gasteiger partial charge on any atom is 0.247 e. The first-order chi connectivity index (χ1) is 10.6. The molecule has 2 aliphatic rings. The molecule has 122 valence electrons. The Hall–Kier alpha value is -1.20. The van der Waals surface area contributed by atoms with E-state index in [-0.39, 0.29) is 18.1 Å². The van der Waals surface area contributed by atoms with Crippen LogP contribution in [-0.2, 0) is 9.47 Å². The zero-order valence-electron chi connectivity index (χ0n) is 13.6. The highest BCUT2D eigenvalue weighted by Crippen LogP contribution is 2.36. The van der Waals surface area contributed by atoms with E-state index in [2.05, 4.69) is 5.10 Å². The van der Waals surface area contributed by atoms with Crippen LogP contribution in [0.2, 0.25) is 0 Å². The predicted octanol–water partition coefficient (Wildman–Crippen LogP) is 3.10. The van der Waals surface area contributed by atoms with E-state index in [9.17, 15) is 4.79 Å². The number of rotatable bonds is 4. The summed E-state index contributed by atoms with van der Waals surface area (Å²) in [5, 5.41) is 4.32. The first kappa shape index (κ1) is 15.7. The maximum absolute atomic E-state index is 12.7. The number of hydrogen-bond acceptors (Lipinski definition) is 4. The molecular weight excluding hydrogens is 280 g/mol. The lowest BCUT2D eigenvalue weighted by molar-refractivity contribution is -0.103. The van der Waals surface area contributed by atoms with Crippen LogP contribution in [0, 0.1) is 25.7 Å². The van der Waals surface area contributed by atoms with E-state index in [4.69, 9.17) is 9.47 Å². The lowest BCUT2D eigenvalue weighted by atomic mass is 9.78. The fraction of sp³-hybridized carbons (Fsp3) is 0.765. The van der Waals surface area contributed by atoms with Gasteiger partial charge in [0, 0.05) is 18.0 Å². The highest BCUT2D eigenvalue weighted by Gasteiger charge is 2.36. The Morgan fingerprint density at radius 1 is 1.27 bits per heavy atom. The average molecular weight is 306 g/mol. The molecule has 1 aliphatic carbocycles. The molecule has 5 nitrogen and oxygen atoms in total. The van der Waals surface area contributed by atoms with Gasteiger partial charge in [0.15, 0.2) is 6.29 Å². The minimum absolute atomic E-state index is 0.0558. The number of ether oxygens (including phenoxy) is 2. The number of carbonyl (C=O) groups excluding carboxylic acids is 1. The second-order valence-electron chi connectivity index (χ2n) is 6.61. The van der Waals surface area contributed by atoms with Crippen LogP contribution in [0.15, 0.2) is 6.07 Å². The highest BCUT2D eigenvalue weighted by atomic mass is 16.7. The van der Waals surface area contributed by atoms with Gasteiger partial charge in [-0.3, -0.25) is 4.79 Å². The standard InChI is InChI=1S/C17H26N2O3/c1-12-10-13(2)19(18-12)16(20)11-15(17-21-8-9-22-17)14-6-4-3-5-7-14/h10,14-15,17H,3-9,11H2,1-2H3/t15-/m1/s1. The fourth-order valence-electron chi connectivity index (χ4n) is 3.84. The molecule has 5 heteroatoms. The first-order valence-electron chi connectivity index (χ1n) is 8.45. The summed E-state index contributed by atoms with van der Waals surface area (Å²) < 4.78 is 13.0. The van der Waals surface area contributed by atoms with Crippen molar-refractivity contribution in [3.05, 3.63) is 17.5 Å². The van der Waals surface area contributed by atoms with Crippen LogP contribution in [0.5, 0.6) is 0 Å². The van der Waals surface area contributed by atoms with E-state index < -0.39 is 0 Å². The molecule has 1 saturated heterocycles. The molecule has 0 amide bonds. The van der Waals surface area contributed by atoms with Crippen molar-refractivity contribution in [1.29, 1.82) is 0 Å². The van der Waals surface area contributed by atoms with Crippen molar-refractivity contribution in [2.45, 2.75) is 58.7 Å². The van der Waals surface area contributed by atoms with Gasteiger partial charge in [-0.15, -0.1) is 0 Å². The van der Waals surface area contributed by atoms with Crippen LogP contribution in [0.3, 0.4) is 0 Å². The van der Waals surface area contributed by atoms with Crippen molar-refractivity contribution >= 4 is 5.91 Å². The number of aromatic nitrogens is 2. The van der Waals surface area contributed by atoms with Gasteiger partial charge in [-0.05, 0) is 38.7 Å². The molecule has 0 bridgehead atoms. The Morgan fingerprint density at radius 2 is 1.95 bits per heavy atom. The molecule has 0 spiro atoms. The smallest absolute Gasteiger partial charge is 0.247 e. The van der Waals surface area contributed by atoms with Gasteiger partial charge in [0.2, 0.25) is 5.91 Å². The van der Waals surface area contributed by atoms with Crippen molar-refractivity contribution in [2.75, 3.05) is 13.2 Å². The molecule has 0 radical (unpaired) electrons. The van der Waals surface area contributed by atoms with Gasteiger partial charge in [0.1, 0.15) is 0 Å². The Morgan fingerprint density at radius 3 is 2.55 bits per heavy atom. The Bertz CT molecular complexity index is 514. The van der Waals surface area contributed by atoms with Gasteiger partial charge in [0.25, 0.3) is 0 Å². The third kappa shape index (κ3) is 3.41. The molecule has 2 heterocycles. The van der Waals surface area contributed by atoms with Crippen LogP contribution in [0.1, 0.15) is 54.7 Å². The van der Waals surface area contributed by atoms with Crippen LogP contribution < -0.4 is 0 Å². The van der Waals surface area contributed by atoms with E-state index in [1.54, 1.807) is 4.68 Å². The van der Waals surface area contributed by atoms with Crippen LogP contribution in [0.25, 0.3) is 0 Å². The number of nitrogens with zero attached hydrogens (tertiary/aromatic N) is 2. The summed E-state index contributed by atoms with van der Waals surface area (Å²) in [5.74, 6) is 0.734. The molecule has 22 heavy (non-hydrogen) atoms. The molecule has 1 aliphatic heterocycles. The zero-order valence-corrected chi connectivity index (χ0v) is 13.6. The normalized spacial score (nSPS) is 22.1. The lowest BCUT2D eigenvalue weighted by Crippen LogP contribution is -2.33. The Balaban J connectivity index is 1.73. The van der Waals surface area contributed by atoms with Crippen molar-refractivity contribution in [2.24, 2.45) is 11.8 Å².